The largest absolute Gasteiger partial charge is 0.381 e. The van der Waals surface area contributed by atoms with Gasteiger partial charge in [0.15, 0.2) is 11.6 Å². The first-order valence-corrected chi connectivity index (χ1v) is 4.48. The summed E-state index contributed by atoms with van der Waals surface area (Å²) >= 11 is 7.36. The zero-order valence-electron chi connectivity index (χ0n) is 5.95. The summed E-state index contributed by atoms with van der Waals surface area (Å²) in [5.74, 6) is 0.988. The average Bonchev–Trinajstić information content (AvgIpc) is 2.58. The number of rotatable bonds is 1. The quantitative estimate of drug-likeness (QED) is 0.770. The van der Waals surface area contributed by atoms with Gasteiger partial charge in [-0.1, -0.05) is 16.8 Å². The molecule has 0 aliphatic rings. The lowest BCUT2D eigenvalue weighted by Crippen LogP contribution is -1.79. The first kappa shape index (κ1) is 7.64. The van der Waals surface area contributed by atoms with Crippen molar-refractivity contribution in [1.29, 1.82) is 0 Å². The first-order valence-electron chi connectivity index (χ1n) is 3.23. The number of nitrogens with zero attached hydrogens (tertiary/aromatic N) is 1. The molecule has 2 aromatic heterocycles. The van der Waals surface area contributed by atoms with Crippen LogP contribution in [0.1, 0.15) is 0 Å². The van der Waals surface area contributed by atoms with Crippen LogP contribution >= 0.6 is 22.9 Å². The molecule has 0 aliphatic heterocycles. The van der Waals surface area contributed by atoms with Crippen LogP contribution < -0.4 is 5.73 Å². The van der Waals surface area contributed by atoms with Crippen molar-refractivity contribution in [1.82, 2.24) is 5.16 Å². The zero-order chi connectivity index (χ0) is 8.55. The normalized spacial score (nSPS) is 10.4. The Morgan fingerprint density at radius 1 is 1.58 bits per heavy atom. The van der Waals surface area contributed by atoms with E-state index in [0.717, 1.165) is 4.88 Å². The van der Waals surface area contributed by atoms with Crippen LogP contribution in [0, 0.1) is 0 Å². The minimum absolute atomic E-state index is 0.370. The number of aromatic nitrogens is 1. The molecular formula is C7H5ClN2OS. The fraction of sp³-hybridized carbons (Fsp3) is 0. The zero-order valence-corrected chi connectivity index (χ0v) is 7.52. The van der Waals surface area contributed by atoms with Gasteiger partial charge in [0, 0.05) is 6.07 Å². The van der Waals surface area contributed by atoms with Crippen LogP contribution in [-0.4, -0.2) is 5.16 Å². The molecule has 62 valence electrons. The van der Waals surface area contributed by atoms with Gasteiger partial charge in [-0.15, -0.1) is 11.3 Å². The molecule has 0 bridgehead atoms. The second kappa shape index (κ2) is 2.80. The predicted octanol–water partition coefficient (Wildman–Crippen LogP) is 2.64. The molecule has 0 spiro atoms. The Hall–Kier alpha value is -1.00. The fourth-order valence-corrected chi connectivity index (χ4v) is 1.96. The summed E-state index contributed by atoms with van der Waals surface area (Å²) in [6.45, 7) is 0. The van der Waals surface area contributed by atoms with Crippen LogP contribution in [0.5, 0.6) is 0 Å². The van der Waals surface area contributed by atoms with E-state index >= 15 is 0 Å². The van der Waals surface area contributed by atoms with Gasteiger partial charge < -0.3 is 10.3 Å². The van der Waals surface area contributed by atoms with E-state index in [0.29, 0.717) is 16.6 Å². The summed E-state index contributed by atoms with van der Waals surface area (Å²) in [5, 5.41) is 6.11. The number of anilines is 1. The van der Waals surface area contributed by atoms with Gasteiger partial charge in [-0.2, -0.15) is 0 Å². The Morgan fingerprint density at radius 2 is 2.42 bits per heavy atom. The molecule has 0 saturated carbocycles. The Morgan fingerprint density at radius 3 is 2.92 bits per heavy atom. The second-order valence-electron chi connectivity index (χ2n) is 2.21. The average molecular weight is 201 g/mol. The molecule has 0 atom stereocenters. The standard InChI is InChI=1S/C7H5ClN2OS/c8-4-1-2-12-7(4)5-3-6(9)10-11-5/h1-3H,(H2,9,10). The number of hydrogen-bond acceptors (Lipinski definition) is 4. The fourth-order valence-electron chi connectivity index (χ4n) is 0.865. The molecule has 2 rings (SSSR count). The lowest BCUT2D eigenvalue weighted by Gasteiger charge is -1.87. The Kier molecular flexibility index (Phi) is 1.78. The van der Waals surface area contributed by atoms with Gasteiger partial charge in [0.25, 0.3) is 0 Å². The molecule has 3 nitrogen and oxygen atoms in total. The maximum absolute atomic E-state index is 5.87. The molecule has 0 saturated heterocycles. The van der Waals surface area contributed by atoms with Crippen molar-refractivity contribution < 1.29 is 4.52 Å². The summed E-state index contributed by atoms with van der Waals surface area (Å²) < 4.78 is 4.94. The summed E-state index contributed by atoms with van der Waals surface area (Å²) in [6, 6.07) is 3.46. The maximum Gasteiger partial charge on any atom is 0.180 e. The van der Waals surface area contributed by atoms with Crippen molar-refractivity contribution in [2.75, 3.05) is 5.73 Å². The van der Waals surface area contributed by atoms with Crippen LogP contribution in [0.2, 0.25) is 5.02 Å². The lowest BCUT2D eigenvalue weighted by atomic mass is 10.3. The smallest absolute Gasteiger partial charge is 0.180 e. The van der Waals surface area contributed by atoms with Crippen molar-refractivity contribution in [2.45, 2.75) is 0 Å². The third kappa shape index (κ3) is 1.19. The Balaban J connectivity index is 2.50. The molecule has 0 unspecified atom stereocenters. The molecule has 12 heavy (non-hydrogen) atoms. The Bertz CT molecular complexity index is 396. The minimum Gasteiger partial charge on any atom is -0.381 e. The number of halogens is 1. The van der Waals surface area contributed by atoms with Crippen molar-refractivity contribution in [3.8, 4) is 10.6 Å². The monoisotopic (exact) mass is 200 g/mol. The molecule has 0 radical (unpaired) electrons. The highest BCUT2D eigenvalue weighted by molar-refractivity contribution is 7.14. The van der Waals surface area contributed by atoms with Gasteiger partial charge in [0.1, 0.15) is 0 Å². The highest BCUT2D eigenvalue weighted by Crippen LogP contribution is 2.33. The van der Waals surface area contributed by atoms with E-state index in [1.807, 2.05) is 5.38 Å². The molecule has 0 aliphatic carbocycles. The molecule has 0 fully saturated rings. The minimum atomic E-state index is 0.370. The van der Waals surface area contributed by atoms with E-state index in [9.17, 15) is 0 Å². The van der Waals surface area contributed by atoms with Crippen LogP contribution in [0.4, 0.5) is 5.82 Å². The molecule has 2 N–H and O–H groups in total. The number of nitrogens with two attached hydrogens (primary N) is 1. The van der Waals surface area contributed by atoms with E-state index < -0.39 is 0 Å². The third-order valence-electron chi connectivity index (χ3n) is 1.37. The summed E-state index contributed by atoms with van der Waals surface area (Å²) in [6.07, 6.45) is 0. The Labute approximate surface area is 77.7 Å². The number of nitrogen functional groups attached to an aromatic ring is 1. The molecule has 5 heteroatoms. The van der Waals surface area contributed by atoms with Gasteiger partial charge in [0.2, 0.25) is 0 Å². The molecule has 0 amide bonds. The molecule has 0 aromatic carbocycles. The summed E-state index contributed by atoms with van der Waals surface area (Å²) in [7, 11) is 0. The SMILES string of the molecule is Nc1cc(-c2sccc2Cl)on1. The highest BCUT2D eigenvalue weighted by atomic mass is 35.5. The van der Waals surface area contributed by atoms with E-state index in [4.69, 9.17) is 21.9 Å². The maximum atomic E-state index is 5.87. The lowest BCUT2D eigenvalue weighted by molar-refractivity contribution is 0.436. The van der Waals surface area contributed by atoms with Gasteiger partial charge in [-0.05, 0) is 11.4 Å². The van der Waals surface area contributed by atoms with Crippen molar-refractivity contribution in [3.63, 3.8) is 0 Å². The van der Waals surface area contributed by atoms with Crippen molar-refractivity contribution >= 4 is 28.8 Å². The highest BCUT2D eigenvalue weighted by Gasteiger charge is 2.09. The van der Waals surface area contributed by atoms with E-state index in [-0.39, 0.29) is 0 Å². The van der Waals surface area contributed by atoms with E-state index in [2.05, 4.69) is 5.16 Å². The van der Waals surface area contributed by atoms with Crippen molar-refractivity contribution in [2.24, 2.45) is 0 Å². The van der Waals surface area contributed by atoms with Crippen LogP contribution in [0.3, 0.4) is 0 Å². The van der Waals surface area contributed by atoms with Crippen LogP contribution in [0.25, 0.3) is 10.6 Å². The van der Waals surface area contributed by atoms with Crippen molar-refractivity contribution in [3.05, 3.63) is 22.5 Å². The van der Waals surface area contributed by atoms with Gasteiger partial charge >= 0.3 is 0 Å². The predicted molar refractivity (Wildman–Crippen MR) is 49.2 cm³/mol. The van der Waals surface area contributed by atoms with Gasteiger partial charge in [-0.25, -0.2) is 0 Å². The van der Waals surface area contributed by atoms with E-state index in [1.54, 1.807) is 12.1 Å². The van der Waals surface area contributed by atoms with Crippen LogP contribution in [-0.2, 0) is 0 Å². The summed E-state index contributed by atoms with van der Waals surface area (Å²) in [5.41, 5.74) is 5.39. The molecule has 2 heterocycles. The topological polar surface area (TPSA) is 52.0 Å². The molecule has 2 aromatic rings. The number of thiophene rings is 1. The van der Waals surface area contributed by atoms with Gasteiger partial charge in [0.05, 0.1) is 9.90 Å². The van der Waals surface area contributed by atoms with Crippen LogP contribution in [0.15, 0.2) is 22.0 Å². The first-order chi connectivity index (χ1) is 5.77. The molecular weight excluding hydrogens is 196 g/mol. The summed E-state index contributed by atoms with van der Waals surface area (Å²) in [4.78, 5) is 0.862. The number of hydrogen-bond donors (Lipinski definition) is 1. The third-order valence-corrected chi connectivity index (χ3v) is 2.73. The van der Waals surface area contributed by atoms with E-state index in [1.165, 1.54) is 11.3 Å². The second-order valence-corrected chi connectivity index (χ2v) is 3.54. The van der Waals surface area contributed by atoms with Gasteiger partial charge in [-0.3, -0.25) is 0 Å².